The first-order valence-electron chi connectivity index (χ1n) is 9.13. The maximum Gasteiger partial charge on any atom is 0.220 e. The van der Waals surface area contributed by atoms with E-state index < -0.39 is 0 Å². The fourth-order valence-corrected chi connectivity index (χ4v) is 3.46. The van der Waals surface area contributed by atoms with Crippen LogP contribution in [0.1, 0.15) is 57.9 Å². The van der Waals surface area contributed by atoms with Gasteiger partial charge in [-0.1, -0.05) is 50.6 Å². The number of piperidine rings is 1. The number of nitrogens with zero attached hydrogens (tertiary/aromatic N) is 1. The number of likely N-dealkylation sites (tertiary alicyclic amines) is 1. The number of carbonyl (C=O) groups is 1. The third-order valence-corrected chi connectivity index (χ3v) is 5.05. The minimum absolute atomic E-state index is 0.177. The van der Waals surface area contributed by atoms with E-state index in [1.54, 1.807) is 0 Å². The molecular weight excluding hydrogens is 284 g/mol. The summed E-state index contributed by atoms with van der Waals surface area (Å²) in [6.45, 7) is 9.73. The molecule has 0 saturated carbocycles. The molecule has 1 aliphatic rings. The summed E-state index contributed by atoms with van der Waals surface area (Å²) in [6.07, 6.45) is 4.51. The van der Waals surface area contributed by atoms with Gasteiger partial charge in [-0.15, -0.1) is 0 Å². The molecule has 23 heavy (non-hydrogen) atoms. The lowest BCUT2D eigenvalue weighted by Crippen LogP contribution is -2.44. The van der Waals surface area contributed by atoms with Gasteiger partial charge in [-0.3, -0.25) is 9.69 Å². The standard InChI is InChI=1S/C20H32N2O/c1-16(2)19(18-10-6-4-7-11-18)14-20(23)21-15-17(3)22-12-8-5-9-13-22/h4,6-7,10-11,16-17,19H,5,8-9,12-15H2,1-3H3,(H,21,23). The second kappa shape index (κ2) is 9.07. The van der Waals surface area contributed by atoms with Crippen LogP contribution >= 0.6 is 0 Å². The van der Waals surface area contributed by atoms with Gasteiger partial charge < -0.3 is 5.32 Å². The van der Waals surface area contributed by atoms with Gasteiger partial charge in [0.15, 0.2) is 0 Å². The van der Waals surface area contributed by atoms with Crippen LogP contribution in [0, 0.1) is 5.92 Å². The van der Waals surface area contributed by atoms with Crippen LogP contribution in [0.4, 0.5) is 0 Å². The molecule has 2 atom stereocenters. The van der Waals surface area contributed by atoms with Gasteiger partial charge in [0.25, 0.3) is 0 Å². The molecule has 1 saturated heterocycles. The molecule has 0 spiro atoms. The Balaban J connectivity index is 1.82. The summed E-state index contributed by atoms with van der Waals surface area (Å²) >= 11 is 0. The van der Waals surface area contributed by atoms with Gasteiger partial charge in [0, 0.05) is 19.0 Å². The minimum Gasteiger partial charge on any atom is -0.355 e. The van der Waals surface area contributed by atoms with Gasteiger partial charge in [-0.05, 0) is 50.3 Å². The summed E-state index contributed by atoms with van der Waals surface area (Å²) in [5.41, 5.74) is 1.27. The molecule has 1 amide bonds. The third-order valence-electron chi connectivity index (χ3n) is 5.05. The van der Waals surface area contributed by atoms with E-state index in [9.17, 15) is 4.79 Å². The highest BCUT2D eigenvalue weighted by atomic mass is 16.1. The number of amides is 1. The van der Waals surface area contributed by atoms with E-state index in [1.807, 2.05) is 6.07 Å². The molecule has 1 N–H and O–H groups in total. The number of rotatable bonds is 7. The predicted molar refractivity (Wildman–Crippen MR) is 96.5 cm³/mol. The highest BCUT2D eigenvalue weighted by molar-refractivity contribution is 5.77. The molecule has 1 heterocycles. The van der Waals surface area contributed by atoms with Crippen molar-refractivity contribution in [1.29, 1.82) is 0 Å². The van der Waals surface area contributed by atoms with Crippen LogP contribution in [-0.4, -0.2) is 36.5 Å². The third kappa shape index (κ3) is 5.65. The van der Waals surface area contributed by atoms with Crippen LogP contribution in [0.15, 0.2) is 30.3 Å². The zero-order valence-electron chi connectivity index (χ0n) is 14.9. The highest BCUT2D eigenvalue weighted by Gasteiger charge is 2.21. The van der Waals surface area contributed by atoms with Gasteiger partial charge in [0.1, 0.15) is 0 Å². The highest BCUT2D eigenvalue weighted by Crippen LogP contribution is 2.27. The van der Waals surface area contributed by atoms with Crippen molar-refractivity contribution in [3.05, 3.63) is 35.9 Å². The molecule has 1 aliphatic heterocycles. The number of carbonyl (C=O) groups excluding carboxylic acids is 1. The van der Waals surface area contributed by atoms with E-state index in [4.69, 9.17) is 0 Å². The van der Waals surface area contributed by atoms with Crippen molar-refractivity contribution in [2.45, 2.75) is 58.4 Å². The Hall–Kier alpha value is -1.35. The molecule has 0 aromatic heterocycles. The Morgan fingerprint density at radius 1 is 1.09 bits per heavy atom. The lowest BCUT2D eigenvalue weighted by Gasteiger charge is -2.32. The first-order valence-corrected chi connectivity index (χ1v) is 9.13. The summed E-state index contributed by atoms with van der Waals surface area (Å²) in [5.74, 6) is 0.931. The smallest absolute Gasteiger partial charge is 0.220 e. The number of hydrogen-bond donors (Lipinski definition) is 1. The lowest BCUT2D eigenvalue weighted by molar-refractivity contribution is -0.122. The van der Waals surface area contributed by atoms with Crippen LogP contribution < -0.4 is 5.32 Å². The van der Waals surface area contributed by atoms with Crippen molar-refractivity contribution >= 4 is 5.91 Å². The zero-order chi connectivity index (χ0) is 16.7. The topological polar surface area (TPSA) is 32.3 Å². The summed E-state index contributed by atoms with van der Waals surface area (Å²) in [7, 11) is 0. The Labute approximate surface area is 141 Å². The van der Waals surface area contributed by atoms with E-state index in [-0.39, 0.29) is 5.91 Å². The molecular formula is C20H32N2O. The fourth-order valence-electron chi connectivity index (χ4n) is 3.46. The zero-order valence-corrected chi connectivity index (χ0v) is 14.9. The van der Waals surface area contributed by atoms with Crippen molar-refractivity contribution in [3.8, 4) is 0 Å². The SMILES string of the molecule is CC(C)C(CC(=O)NCC(C)N1CCCCC1)c1ccccc1. The first-order chi connectivity index (χ1) is 11.1. The average molecular weight is 316 g/mol. The molecule has 0 aliphatic carbocycles. The molecule has 3 nitrogen and oxygen atoms in total. The molecule has 0 bridgehead atoms. The summed E-state index contributed by atoms with van der Waals surface area (Å²) in [5, 5.41) is 3.15. The quantitative estimate of drug-likeness (QED) is 0.829. The molecule has 2 unspecified atom stereocenters. The van der Waals surface area contributed by atoms with Crippen molar-refractivity contribution < 1.29 is 4.79 Å². The second-order valence-corrected chi connectivity index (χ2v) is 7.22. The van der Waals surface area contributed by atoms with Crippen LogP contribution in [0.3, 0.4) is 0 Å². The van der Waals surface area contributed by atoms with Gasteiger partial charge in [0.2, 0.25) is 5.91 Å². The fraction of sp³-hybridized carbons (Fsp3) is 0.650. The van der Waals surface area contributed by atoms with Crippen LogP contribution in [0.5, 0.6) is 0 Å². The molecule has 1 aromatic rings. The van der Waals surface area contributed by atoms with Crippen LogP contribution in [-0.2, 0) is 4.79 Å². The molecule has 1 aromatic carbocycles. The van der Waals surface area contributed by atoms with Crippen molar-refractivity contribution in [2.75, 3.05) is 19.6 Å². The average Bonchev–Trinajstić information content (AvgIpc) is 2.58. The van der Waals surface area contributed by atoms with Gasteiger partial charge in [-0.2, -0.15) is 0 Å². The molecule has 2 rings (SSSR count). The van der Waals surface area contributed by atoms with E-state index >= 15 is 0 Å². The summed E-state index contributed by atoms with van der Waals surface area (Å²) in [6, 6.07) is 10.8. The van der Waals surface area contributed by atoms with Crippen molar-refractivity contribution in [1.82, 2.24) is 10.2 Å². The first kappa shape index (κ1) is 18.0. The van der Waals surface area contributed by atoms with Crippen LogP contribution in [0.25, 0.3) is 0 Å². The Kier molecular flexibility index (Phi) is 7.10. The van der Waals surface area contributed by atoms with E-state index in [1.165, 1.54) is 37.9 Å². The molecule has 0 radical (unpaired) electrons. The predicted octanol–water partition coefficient (Wildman–Crippen LogP) is 3.81. The maximum atomic E-state index is 12.4. The normalized spacial score (nSPS) is 18.6. The molecule has 1 fully saturated rings. The lowest BCUT2D eigenvalue weighted by atomic mass is 9.85. The van der Waals surface area contributed by atoms with Gasteiger partial charge in [-0.25, -0.2) is 0 Å². The molecule has 128 valence electrons. The number of hydrogen-bond acceptors (Lipinski definition) is 2. The van der Waals surface area contributed by atoms with Gasteiger partial charge >= 0.3 is 0 Å². The summed E-state index contributed by atoms with van der Waals surface area (Å²) in [4.78, 5) is 14.9. The minimum atomic E-state index is 0.177. The van der Waals surface area contributed by atoms with E-state index in [0.717, 1.165) is 6.54 Å². The Morgan fingerprint density at radius 2 is 1.74 bits per heavy atom. The number of nitrogens with one attached hydrogen (secondary N) is 1. The second-order valence-electron chi connectivity index (χ2n) is 7.22. The van der Waals surface area contributed by atoms with E-state index in [2.05, 4.69) is 55.3 Å². The largest absolute Gasteiger partial charge is 0.355 e. The monoisotopic (exact) mass is 316 g/mol. The van der Waals surface area contributed by atoms with Crippen molar-refractivity contribution in [2.24, 2.45) is 5.92 Å². The molecule has 3 heteroatoms. The van der Waals surface area contributed by atoms with Crippen molar-refractivity contribution in [3.63, 3.8) is 0 Å². The Morgan fingerprint density at radius 3 is 2.35 bits per heavy atom. The Bertz CT molecular complexity index is 466. The summed E-state index contributed by atoms with van der Waals surface area (Å²) < 4.78 is 0. The number of benzene rings is 1. The maximum absolute atomic E-state index is 12.4. The van der Waals surface area contributed by atoms with E-state index in [0.29, 0.717) is 24.3 Å². The van der Waals surface area contributed by atoms with Gasteiger partial charge in [0.05, 0.1) is 0 Å². The van der Waals surface area contributed by atoms with Crippen LogP contribution in [0.2, 0.25) is 0 Å².